The summed E-state index contributed by atoms with van der Waals surface area (Å²) in [7, 11) is 0. The van der Waals surface area contributed by atoms with Gasteiger partial charge in [-0.05, 0) is 254 Å². The molecule has 0 saturated heterocycles. The molecule has 28 rings (SSSR count). The van der Waals surface area contributed by atoms with E-state index in [0.717, 1.165) is 102 Å². The van der Waals surface area contributed by atoms with Crippen LogP contribution in [0, 0.1) is 0 Å². The summed E-state index contributed by atoms with van der Waals surface area (Å²) in [6.45, 7) is 0. The summed E-state index contributed by atoms with van der Waals surface area (Å²) >= 11 is 1.86. The zero-order valence-electron chi connectivity index (χ0n) is 76.5. The van der Waals surface area contributed by atoms with E-state index in [1.807, 2.05) is 11.3 Å². The normalized spacial score (nSPS) is 14.3. The van der Waals surface area contributed by atoms with Crippen molar-refractivity contribution < 1.29 is 0 Å². The fraction of sp³-hybridized carbons (Fsp3) is 0.0222. The number of benzene rings is 22. The topological polar surface area (TPSA) is 13.0 Å². The van der Waals surface area contributed by atoms with E-state index in [1.165, 1.54) is 143 Å². The molecule has 0 amide bonds. The van der Waals surface area contributed by atoms with Gasteiger partial charge in [-0.15, -0.1) is 11.3 Å². The molecule has 5 heteroatoms. The van der Waals surface area contributed by atoms with Gasteiger partial charge in [0, 0.05) is 65.3 Å². The maximum Gasteiger partial charge on any atom is 0.0755 e. The highest BCUT2D eigenvalue weighted by Gasteiger charge is 2.55. The molecule has 0 radical (unpaired) electrons. The van der Waals surface area contributed by atoms with Crippen molar-refractivity contribution in [2.45, 2.75) is 16.2 Å². The van der Waals surface area contributed by atoms with E-state index in [-0.39, 0.29) is 0 Å². The summed E-state index contributed by atoms with van der Waals surface area (Å²) in [6.07, 6.45) is 0. The molecular formula is C135H88N4S. The molecule has 3 heterocycles. The van der Waals surface area contributed by atoms with Crippen molar-refractivity contribution in [3.05, 3.63) is 601 Å². The van der Waals surface area contributed by atoms with Crippen molar-refractivity contribution in [2.75, 3.05) is 19.6 Å². The van der Waals surface area contributed by atoms with Crippen LogP contribution < -0.4 is 19.6 Å². The quantitative estimate of drug-likeness (QED) is 0.101. The van der Waals surface area contributed by atoms with E-state index in [4.69, 9.17) is 0 Å². The Morgan fingerprint density at radius 3 is 1.05 bits per heavy atom. The minimum atomic E-state index is -0.784. The highest BCUT2D eigenvalue weighted by atomic mass is 32.1. The van der Waals surface area contributed by atoms with Crippen LogP contribution in [-0.4, -0.2) is 0 Å². The minimum absolute atomic E-state index is 0.715. The minimum Gasteiger partial charge on any atom is -0.310 e. The lowest BCUT2D eigenvalue weighted by molar-refractivity contribution is 0.752. The van der Waals surface area contributed by atoms with Gasteiger partial charge in [0.1, 0.15) is 0 Å². The fourth-order valence-electron chi connectivity index (χ4n) is 24.8. The number of rotatable bonds is 15. The van der Waals surface area contributed by atoms with E-state index < -0.39 is 16.2 Å². The zero-order chi connectivity index (χ0) is 92.1. The smallest absolute Gasteiger partial charge is 0.0755 e. The summed E-state index contributed by atoms with van der Waals surface area (Å²) < 4.78 is 2.55. The molecule has 1 aromatic heterocycles. The lowest BCUT2D eigenvalue weighted by atomic mass is 9.64. The van der Waals surface area contributed by atoms with Gasteiger partial charge < -0.3 is 19.6 Å². The van der Waals surface area contributed by atoms with E-state index >= 15 is 0 Å². The molecule has 5 aliphatic rings. The third kappa shape index (κ3) is 12.0. The van der Waals surface area contributed by atoms with Crippen LogP contribution in [-0.2, 0) is 16.2 Å². The SMILES string of the molecule is c1ccc(-c2ccc(-c3ccccc3N(c3ccc4c(c3)C3(c5ccccc5-4)c4ccccc4N(c4cccc(-c5ccc(C6(c7ccccc7)c7ccccc7-c7c(N(c8ccc9c(c8)C8(c%10ccccc%10-9)c9ccccc9N(c9ccccc9)c9ccccc98)c8ccccc8-c8ccc(-c9ccccc9)cc8)cccc76)cc5)c4)c4ccccc43)c3ccc4sc5ccccc5c4c3)cc2)cc1. The van der Waals surface area contributed by atoms with Gasteiger partial charge in [-0.1, -0.05) is 419 Å². The van der Waals surface area contributed by atoms with Crippen LogP contribution in [0.5, 0.6) is 0 Å². The van der Waals surface area contributed by atoms with Gasteiger partial charge >= 0.3 is 0 Å². The molecule has 23 aromatic rings. The average molecular weight is 1800 g/mol. The molecule has 654 valence electrons. The summed E-state index contributed by atoms with van der Waals surface area (Å²) in [5.41, 5.74) is 44.6. The summed E-state index contributed by atoms with van der Waals surface area (Å²) in [5.74, 6) is 0. The maximum atomic E-state index is 2.61. The second kappa shape index (κ2) is 32.2. The Morgan fingerprint density at radius 1 is 0.171 bits per heavy atom. The number of thiophene rings is 1. The Kier molecular flexibility index (Phi) is 18.6. The molecule has 140 heavy (non-hydrogen) atoms. The Hall–Kier alpha value is -17.7. The first-order chi connectivity index (χ1) is 69.5. The fourth-order valence-corrected chi connectivity index (χ4v) is 25.9. The van der Waals surface area contributed by atoms with Gasteiger partial charge in [0.05, 0.1) is 56.1 Å². The number of anilines is 12. The molecule has 0 saturated carbocycles. The lowest BCUT2D eigenvalue weighted by Gasteiger charge is -2.45. The molecule has 0 bridgehead atoms. The predicted molar refractivity (Wildman–Crippen MR) is 584 cm³/mol. The number of nitrogens with zero attached hydrogens (tertiary/aromatic N) is 4. The third-order valence-electron chi connectivity index (χ3n) is 30.5. The van der Waals surface area contributed by atoms with Gasteiger partial charge in [-0.2, -0.15) is 0 Å². The van der Waals surface area contributed by atoms with Crippen molar-refractivity contribution in [1.29, 1.82) is 0 Å². The van der Waals surface area contributed by atoms with Gasteiger partial charge in [-0.25, -0.2) is 0 Å². The van der Waals surface area contributed by atoms with Crippen LogP contribution in [0.4, 0.5) is 68.2 Å². The average Bonchev–Trinajstić information content (AvgIpc) is 1.48. The molecular weight excluding hydrogens is 1710 g/mol. The van der Waals surface area contributed by atoms with Crippen molar-refractivity contribution in [3.63, 3.8) is 0 Å². The van der Waals surface area contributed by atoms with Crippen molar-refractivity contribution in [3.8, 4) is 89.0 Å². The van der Waals surface area contributed by atoms with Gasteiger partial charge in [0.15, 0.2) is 0 Å². The van der Waals surface area contributed by atoms with Gasteiger partial charge in [0.25, 0.3) is 0 Å². The standard InChI is InChI=1S/C135H88N4S/c1-5-35-89(36-6-1)91-67-71-94(72-68-91)104-45-16-26-59-123(104)136(101-81-84-131-112(86-101)110-49-18-32-66-130(110)140-131)102-79-82-108-106-47-13-20-52-114(106)135(121(108)87-102)118-56-24-30-63-127(118)139(128-64-31-25-57-119(128)135)100-44-33-39-96(85-100)93-75-77-98(78-76-93)133(97-40-9-3-10-41-97)115-53-21-15-50-111(115)132-120(133)58-34-65-129(132)138(124-60-27-17-46-105(124)95-73-69-92(70-74-95)90-37-7-2-8-38-90)103-80-83-109-107-48-14-19-51-113(107)134(122(109)88-103)116-54-22-28-61-125(116)137(99-42-11-4-12-43-99)126-62-29-23-55-117(126)134/h1-88H. The van der Waals surface area contributed by atoms with E-state index in [0.29, 0.717) is 0 Å². The highest BCUT2D eigenvalue weighted by molar-refractivity contribution is 7.25. The molecule has 22 aromatic carbocycles. The second-order valence-corrected chi connectivity index (χ2v) is 38.6. The second-order valence-electron chi connectivity index (χ2n) is 37.5. The zero-order valence-corrected chi connectivity index (χ0v) is 77.3. The molecule has 4 nitrogen and oxygen atoms in total. The van der Waals surface area contributed by atoms with Crippen molar-refractivity contribution >= 4 is 99.8 Å². The summed E-state index contributed by atoms with van der Waals surface area (Å²) in [6, 6.07) is 201. The molecule has 2 aliphatic heterocycles. The first kappa shape index (κ1) is 80.7. The summed E-state index contributed by atoms with van der Waals surface area (Å²) in [4.78, 5) is 10.1. The van der Waals surface area contributed by atoms with Crippen molar-refractivity contribution in [1.82, 2.24) is 0 Å². The third-order valence-corrected chi connectivity index (χ3v) is 31.7. The molecule has 1 unspecified atom stereocenters. The molecule has 1 atom stereocenters. The Balaban J connectivity index is 0.586. The largest absolute Gasteiger partial charge is 0.310 e. The number of para-hydroxylation sites is 7. The van der Waals surface area contributed by atoms with Crippen LogP contribution in [0.3, 0.4) is 0 Å². The number of hydrogen-bond acceptors (Lipinski definition) is 5. The highest BCUT2D eigenvalue weighted by Crippen LogP contribution is 2.68. The van der Waals surface area contributed by atoms with E-state index in [2.05, 4.69) is 553 Å². The van der Waals surface area contributed by atoms with Gasteiger partial charge in [-0.3, -0.25) is 0 Å². The monoisotopic (exact) mass is 1800 g/mol. The molecule has 0 N–H and O–H groups in total. The first-order valence-electron chi connectivity index (χ1n) is 48.5. The van der Waals surface area contributed by atoms with Gasteiger partial charge in [0.2, 0.25) is 0 Å². The lowest BCUT2D eigenvalue weighted by Crippen LogP contribution is -2.36. The number of fused-ring (bicyclic) bond motifs is 24. The first-order valence-corrected chi connectivity index (χ1v) is 49.3. The Morgan fingerprint density at radius 2 is 0.507 bits per heavy atom. The molecule has 3 aliphatic carbocycles. The van der Waals surface area contributed by atoms with Crippen molar-refractivity contribution in [2.24, 2.45) is 0 Å². The maximum absolute atomic E-state index is 2.61. The van der Waals surface area contributed by atoms with Crippen LogP contribution in [0.25, 0.3) is 109 Å². The van der Waals surface area contributed by atoms with Crippen LogP contribution in [0.1, 0.15) is 66.8 Å². The summed E-state index contributed by atoms with van der Waals surface area (Å²) in [5, 5.41) is 2.51. The van der Waals surface area contributed by atoms with Crippen LogP contribution in [0.2, 0.25) is 0 Å². The Labute approximate surface area is 819 Å². The van der Waals surface area contributed by atoms with E-state index in [9.17, 15) is 0 Å². The van der Waals surface area contributed by atoms with Crippen LogP contribution in [0.15, 0.2) is 534 Å². The molecule has 2 spiro atoms. The van der Waals surface area contributed by atoms with E-state index in [1.54, 1.807) is 0 Å². The molecule has 0 fully saturated rings. The van der Waals surface area contributed by atoms with Crippen LogP contribution >= 0.6 is 11.3 Å². The predicted octanol–water partition coefficient (Wildman–Crippen LogP) is 36.0. The Bertz CT molecular complexity index is 8800. The number of hydrogen-bond donors (Lipinski definition) is 0.